The quantitative estimate of drug-likeness (QED) is 0.473. The molecule has 0 saturated heterocycles. The number of alkyl halides is 3. The molecule has 0 amide bonds. The molecule has 76 valence electrons. The Balaban J connectivity index is 3.30. The summed E-state index contributed by atoms with van der Waals surface area (Å²) in [6.07, 6.45) is -3.71. The minimum Gasteiger partial charge on any atom is -0.411 e. The Morgan fingerprint density at radius 3 is 2.50 bits per heavy atom. The zero-order valence-electron chi connectivity index (χ0n) is 6.72. The highest BCUT2D eigenvalue weighted by Crippen LogP contribution is 2.33. The van der Waals surface area contributed by atoms with Gasteiger partial charge >= 0.3 is 6.18 Å². The van der Waals surface area contributed by atoms with Crippen LogP contribution >= 0.6 is 15.9 Å². The number of benzene rings is 1. The fourth-order valence-electron chi connectivity index (χ4n) is 0.949. The molecule has 2 nitrogen and oxygen atoms in total. The van der Waals surface area contributed by atoms with Crippen molar-refractivity contribution in [2.45, 2.75) is 6.18 Å². The van der Waals surface area contributed by atoms with E-state index in [1.807, 2.05) is 0 Å². The molecule has 6 heteroatoms. The van der Waals surface area contributed by atoms with Gasteiger partial charge in [-0.3, -0.25) is 0 Å². The maximum Gasteiger partial charge on any atom is 0.417 e. The Hall–Kier alpha value is -1.04. The summed E-state index contributed by atoms with van der Waals surface area (Å²) < 4.78 is 37.5. The van der Waals surface area contributed by atoms with Crippen molar-refractivity contribution >= 4 is 22.1 Å². The minimum absolute atomic E-state index is 0.178. The Kier molecular flexibility index (Phi) is 3.15. The van der Waals surface area contributed by atoms with E-state index in [4.69, 9.17) is 5.21 Å². The van der Waals surface area contributed by atoms with Crippen LogP contribution in [0.3, 0.4) is 0 Å². The van der Waals surface area contributed by atoms with Gasteiger partial charge in [0.2, 0.25) is 0 Å². The highest BCUT2D eigenvalue weighted by molar-refractivity contribution is 9.10. The number of hydrogen-bond acceptors (Lipinski definition) is 2. The number of hydrogen-bond donors (Lipinski definition) is 1. The van der Waals surface area contributed by atoms with Crippen molar-refractivity contribution in [3.05, 3.63) is 33.8 Å². The summed E-state index contributed by atoms with van der Waals surface area (Å²) in [5, 5.41) is 10.7. The lowest BCUT2D eigenvalue weighted by molar-refractivity contribution is -0.137. The first-order chi connectivity index (χ1) is 6.45. The molecule has 0 spiro atoms. The number of halogens is 4. The predicted molar refractivity (Wildman–Crippen MR) is 48.5 cm³/mol. The molecule has 1 rings (SSSR count). The topological polar surface area (TPSA) is 32.6 Å². The zero-order chi connectivity index (χ0) is 10.8. The van der Waals surface area contributed by atoms with Gasteiger partial charge in [0.05, 0.1) is 11.8 Å². The molecule has 1 aromatic carbocycles. The van der Waals surface area contributed by atoms with Gasteiger partial charge in [0.15, 0.2) is 0 Å². The number of nitrogens with zero attached hydrogens (tertiary/aromatic N) is 1. The molecule has 1 N–H and O–H groups in total. The molecule has 0 aliphatic rings. The average Bonchev–Trinajstić information content (AvgIpc) is 2.07. The summed E-state index contributed by atoms with van der Waals surface area (Å²) in [5.41, 5.74) is -1.02. The van der Waals surface area contributed by atoms with E-state index in [2.05, 4.69) is 21.1 Å². The minimum atomic E-state index is -4.46. The van der Waals surface area contributed by atoms with Crippen LogP contribution in [-0.2, 0) is 6.18 Å². The third-order valence-electron chi connectivity index (χ3n) is 1.52. The second-order valence-corrected chi connectivity index (χ2v) is 3.39. The van der Waals surface area contributed by atoms with Crippen LogP contribution in [0.15, 0.2) is 27.8 Å². The van der Waals surface area contributed by atoms with E-state index in [9.17, 15) is 13.2 Å². The van der Waals surface area contributed by atoms with Crippen molar-refractivity contribution < 1.29 is 18.4 Å². The lowest BCUT2D eigenvalue weighted by Crippen LogP contribution is -2.08. The standard InChI is InChI=1S/C8H5BrF3NO/c9-6-2-1-5(4-13-14)7(3-6)8(10,11)12/h1-4,14H. The second-order valence-electron chi connectivity index (χ2n) is 2.47. The van der Waals surface area contributed by atoms with E-state index in [0.717, 1.165) is 12.3 Å². The molecule has 14 heavy (non-hydrogen) atoms. The normalized spacial score (nSPS) is 12.3. The molecule has 0 atom stereocenters. The fraction of sp³-hybridized carbons (Fsp3) is 0.125. The molecular weight excluding hydrogens is 263 g/mol. The lowest BCUT2D eigenvalue weighted by atomic mass is 10.1. The third-order valence-corrected chi connectivity index (χ3v) is 2.01. The zero-order valence-corrected chi connectivity index (χ0v) is 8.30. The summed E-state index contributed by atoms with van der Waals surface area (Å²) in [5.74, 6) is 0. The van der Waals surface area contributed by atoms with Crippen molar-refractivity contribution in [3.8, 4) is 0 Å². The second kappa shape index (κ2) is 4.00. The molecule has 0 bridgehead atoms. The Morgan fingerprint density at radius 1 is 1.36 bits per heavy atom. The van der Waals surface area contributed by atoms with E-state index < -0.39 is 11.7 Å². The number of rotatable bonds is 1. The van der Waals surface area contributed by atoms with Gasteiger partial charge in [0.25, 0.3) is 0 Å². The van der Waals surface area contributed by atoms with Crippen LogP contribution < -0.4 is 0 Å². The summed E-state index contributed by atoms with van der Waals surface area (Å²) in [4.78, 5) is 0. The molecule has 0 aliphatic heterocycles. The van der Waals surface area contributed by atoms with E-state index >= 15 is 0 Å². The molecule has 1 aromatic rings. The van der Waals surface area contributed by atoms with Crippen molar-refractivity contribution in [2.75, 3.05) is 0 Å². The van der Waals surface area contributed by atoms with Crippen LogP contribution in [0.1, 0.15) is 11.1 Å². The first kappa shape index (κ1) is 11.0. The van der Waals surface area contributed by atoms with E-state index in [-0.39, 0.29) is 5.56 Å². The molecule has 0 saturated carbocycles. The summed E-state index contributed by atoms with van der Waals surface area (Å²) in [6, 6.07) is 3.58. The highest BCUT2D eigenvalue weighted by Gasteiger charge is 2.33. The van der Waals surface area contributed by atoms with Crippen LogP contribution in [0.25, 0.3) is 0 Å². The molecule has 0 aliphatic carbocycles. The number of oxime groups is 1. The first-order valence-electron chi connectivity index (χ1n) is 3.49. The van der Waals surface area contributed by atoms with Crippen LogP contribution in [0.2, 0.25) is 0 Å². The van der Waals surface area contributed by atoms with Gasteiger partial charge < -0.3 is 5.21 Å². The highest BCUT2D eigenvalue weighted by atomic mass is 79.9. The lowest BCUT2D eigenvalue weighted by Gasteiger charge is -2.09. The van der Waals surface area contributed by atoms with E-state index in [0.29, 0.717) is 4.47 Å². The predicted octanol–water partition coefficient (Wildman–Crippen LogP) is 3.28. The Morgan fingerprint density at radius 2 is 2.00 bits per heavy atom. The van der Waals surface area contributed by atoms with Crippen LogP contribution in [0.5, 0.6) is 0 Å². The SMILES string of the molecule is ON=Cc1ccc(Br)cc1C(F)(F)F. The molecular formula is C8H5BrF3NO. The third kappa shape index (κ3) is 2.47. The van der Waals surface area contributed by atoms with Gasteiger partial charge in [-0.1, -0.05) is 27.2 Å². The van der Waals surface area contributed by atoms with Gasteiger partial charge in [0, 0.05) is 10.0 Å². The maximum absolute atomic E-state index is 12.4. The average molecular weight is 268 g/mol. The summed E-state index contributed by atoms with van der Waals surface area (Å²) in [7, 11) is 0. The maximum atomic E-state index is 12.4. The molecule has 0 unspecified atom stereocenters. The van der Waals surface area contributed by atoms with Gasteiger partial charge in [-0.25, -0.2) is 0 Å². The fourth-order valence-corrected chi connectivity index (χ4v) is 1.31. The van der Waals surface area contributed by atoms with Crippen molar-refractivity contribution in [3.63, 3.8) is 0 Å². The van der Waals surface area contributed by atoms with Crippen molar-refractivity contribution in [1.29, 1.82) is 0 Å². The monoisotopic (exact) mass is 267 g/mol. The smallest absolute Gasteiger partial charge is 0.411 e. The summed E-state index contributed by atoms with van der Waals surface area (Å²) >= 11 is 2.93. The Labute approximate surface area is 86.2 Å². The van der Waals surface area contributed by atoms with Crippen LogP contribution in [0, 0.1) is 0 Å². The van der Waals surface area contributed by atoms with E-state index in [1.165, 1.54) is 12.1 Å². The summed E-state index contributed by atoms with van der Waals surface area (Å²) in [6.45, 7) is 0. The molecule has 0 heterocycles. The van der Waals surface area contributed by atoms with Crippen LogP contribution in [0.4, 0.5) is 13.2 Å². The van der Waals surface area contributed by atoms with Gasteiger partial charge in [-0.05, 0) is 12.1 Å². The van der Waals surface area contributed by atoms with Gasteiger partial charge in [-0.2, -0.15) is 13.2 Å². The Bertz CT molecular complexity index is 362. The molecule has 0 fully saturated rings. The van der Waals surface area contributed by atoms with Crippen molar-refractivity contribution in [1.82, 2.24) is 0 Å². The van der Waals surface area contributed by atoms with Crippen LogP contribution in [-0.4, -0.2) is 11.4 Å². The molecule has 0 aromatic heterocycles. The largest absolute Gasteiger partial charge is 0.417 e. The molecule has 0 radical (unpaired) electrons. The van der Waals surface area contributed by atoms with Gasteiger partial charge in [-0.15, -0.1) is 0 Å². The van der Waals surface area contributed by atoms with E-state index in [1.54, 1.807) is 0 Å². The van der Waals surface area contributed by atoms with Gasteiger partial charge in [0.1, 0.15) is 0 Å². The first-order valence-corrected chi connectivity index (χ1v) is 4.28. The van der Waals surface area contributed by atoms with Crippen molar-refractivity contribution in [2.24, 2.45) is 5.16 Å².